The van der Waals surface area contributed by atoms with Crippen molar-refractivity contribution in [3.8, 4) is 0 Å². The molecule has 6 aliphatic rings. The highest BCUT2D eigenvalue weighted by Gasteiger charge is 2.67. The maximum atomic E-state index is 15.3. The fourth-order valence-corrected chi connectivity index (χ4v) is 7.11. The van der Waals surface area contributed by atoms with Crippen LogP contribution in [0.5, 0.6) is 0 Å². The molecule has 4 nitrogen and oxygen atoms in total. The zero-order valence-electron chi connectivity index (χ0n) is 18.6. The van der Waals surface area contributed by atoms with E-state index in [1.807, 2.05) is 6.92 Å². The predicted molar refractivity (Wildman–Crippen MR) is 125 cm³/mol. The second kappa shape index (κ2) is 6.88. The molecule has 0 aromatic heterocycles. The summed E-state index contributed by atoms with van der Waals surface area (Å²) < 4.78 is 15.3. The Labute approximate surface area is 201 Å². The first-order valence-electron chi connectivity index (χ1n) is 12.0. The highest BCUT2D eigenvalue weighted by atomic mass is 35.5. The van der Waals surface area contributed by atoms with Gasteiger partial charge in [0.2, 0.25) is 11.8 Å². The summed E-state index contributed by atoms with van der Waals surface area (Å²) in [5.74, 6) is -0.789. The number of anilines is 1. The zero-order valence-corrected chi connectivity index (χ0v) is 19.3. The number of halogens is 2. The van der Waals surface area contributed by atoms with E-state index in [2.05, 4.69) is 12.2 Å². The minimum atomic E-state index is -0.580. The third kappa shape index (κ3) is 2.73. The number of allylic oxidation sites excluding steroid dienone is 2. The van der Waals surface area contributed by atoms with E-state index in [1.54, 1.807) is 30.3 Å². The maximum absolute atomic E-state index is 15.3. The molecule has 34 heavy (non-hydrogen) atoms. The minimum absolute atomic E-state index is 0.0322. The number of imide groups is 1. The molecule has 172 valence electrons. The normalized spacial score (nSPS) is 36.5. The summed E-state index contributed by atoms with van der Waals surface area (Å²) in [4.78, 5) is 40.6. The van der Waals surface area contributed by atoms with E-state index in [9.17, 15) is 14.4 Å². The summed E-state index contributed by atoms with van der Waals surface area (Å²) in [6.45, 7) is 1.86. The van der Waals surface area contributed by atoms with Crippen LogP contribution in [-0.2, 0) is 9.59 Å². The number of amides is 2. The van der Waals surface area contributed by atoms with E-state index in [1.165, 1.54) is 6.07 Å². The number of nitrogens with zero attached hydrogens (tertiary/aromatic N) is 1. The molecule has 6 heteroatoms. The van der Waals surface area contributed by atoms with Crippen LogP contribution < -0.4 is 4.90 Å². The van der Waals surface area contributed by atoms with E-state index < -0.39 is 5.82 Å². The van der Waals surface area contributed by atoms with Crippen molar-refractivity contribution in [2.24, 2.45) is 41.4 Å². The quantitative estimate of drug-likeness (QED) is 0.341. The molecular formula is C28H23ClFNO3. The van der Waals surface area contributed by atoms with Crippen molar-refractivity contribution in [1.82, 2.24) is 0 Å². The summed E-state index contributed by atoms with van der Waals surface area (Å²) in [7, 11) is 0. The van der Waals surface area contributed by atoms with Crippen LogP contribution in [0.1, 0.15) is 40.2 Å². The van der Waals surface area contributed by atoms with Gasteiger partial charge in [-0.15, -0.1) is 0 Å². The van der Waals surface area contributed by atoms with E-state index in [0.717, 1.165) is 22.4 Å². The minimum Gasteiger partial charge on any atom is -0.294 e. The van der Waals surface area contributed by atoms with Crippen molar-refractivity contribution >= 4 is 34.9 Å². The molecule has 2 aromatic carbocycles. The summed E-state index contributed by atoms with van der Waals surface area (Å²) in [6.07, 6.45) is 5.97. The largest absolute Gasteiger partial charge is 0.294 e. The number of hydrogen-bond donors (Lipinski definition) is 0. The molecule has 5 aliphatic carbocycles. The van der Waals surface area contributed by atoms with E-state index in [0.29, 0.717) is 28.8 Å². The van der Waals surface area contributed by atoms with Crippen LogP contribution in [-0.4, -0.2) is 17.6 Å². The monoisotopic (exact) mass is 475 g/mol. The molecule has 1 aliphatic heterocycles. The van der Waals surface area contributed by atoms with Gasteiger partial charge in [-0.2, -0.15) is 0 Å². The van der Waals surface area contributed by atoms with Gasteiger partial charge >= 0.3 is 0 Å². The molecule has 2 bridgehead atoms. The Hall–Kier alpha value is -2.79. The zero-order chi connectivity index (χ0) is 23.5. The third-order valence-corrected chi connectivity index (χ3v) is 9.30. The second-order valence-corrected chi connectivity index (χ2v) is 11.1. The Balaban J connectivity index is 1.13. The Morgan fingerprint density at radius 2 is 1.65 bits per heavy atom. The number of ketones is 1. The SMILES string of the molecule is Cc1cc(C(=O)C2CC2c2ccc(N3C(=O)[C@@H]4[C@@H]5C=CC([C@H]6CC65)[C@@H]4C3=O)c(F)c2)ccc1Cl. The number of Topliss-reactive ketones (excluding diaryl/α,β-unsaturated/α-hetero) is 1. The lowest BCUT2D eigenvalue weighted by Crippen LogP contribution is -2.40. The molecule has 1 heterocycles. The van der Waals surface area contributed by atoms with E-state index in [-0.39, 0.29) is 58.8 Å². The molecule has 3 saturated carbocycles. The number of carbonyl (C=O) groups is 3. The standard InChI is InChI=1S/C28H23ClFNO3/c1-12-8-14(2-6-21(12)29)26(32)20-10-17(20)13-3-7-23(22(30)9-13)31-27(33)24-15-4-5-16(19-11-18(15)19)25(24)28(31)34/h2-9,15-20,24-25H,10-11H2,1H3/t15-,16?,17?,18?,19-,20?,24-,25+/m1/s1. The fourth-order valence-electron chi connectivity index (χ4n) is 6.99. The molecule has 0 spiro atoms. The van der Waals surface area contributed by atoms with Crippen LogP contribution in [0.4, 0.5) is 10.1 Å². The molecule has 4 unspecified atom stereocenters. The maximum Gasteiger partial charge on any atom is 0.238 e. The molecular weight excluding hydrogens is 453 g/mol. The van der Waals surface area contributed by atoms with Crippen LogP contribution >= 0.6 is 11.6 Å². The fraction of sp³-hybridized carbons (Fsp3) is 0.393. The van der Waals surface area contributed by atoms with Gasteiger partial charge in [0, 0.05) is 16.5 Å². The lowest BCUT2D eigenvalue weighted by Gasteiger charge is -2.37. The highest BCUT2D eigenvalue weighted by Crippen LogP contribution is 2.65. The van der Waals surface area contributed by atoms with Crippen molar-refractivity contribution in [3.63, 3.8) is 0 Å². The van der Waals surface area contributed by atoms with Crippen LogP contribution in [0, 0.1) is 54.2 Å². The Bertz CT molecular complexity index is 1300. The molecule has 4 fully saturated rings. The number of benzene rings is 2. The molecule has 2 aromatic rings. The van der Waals surface area contributed by atoms with Gasteiger partial charge in [-0.25, -0.2) is 9.29 Å². The van der Waals surface area contributed by atoms with E-state index in [4.69, 9.17) is 11.6 Å². The molecule has 2 amide bonds. The number of hydrogen-bond acceptors (Lipinski definition) is 3. The summed E-state index contributed by atoms with van der Waals surface area (Å²) in [5, 5.41) is 0.619. The number of rotatable bonds is 4. The van der Waals surface area contributed by atoms with Gasteiger partial charge in [0.15, 0.2) is 5.78 Å². The number of aryl methyl sites for hydroxylation is 1. The van der Waals surface area contributed by atoms with Crippen molar-refractivity contribution in [2.75, 3.05) is 4.90 Å². The lowest BCUT2D eigenvalue weighted by molar-refractivity contribution is -0.124. The molecule has 0 N–H and O–H groups in total. The average molecular weight is 476 g/mol. The van der Waals surface area contributed by atoms with Gasteiger partial charge in [-0.05, 0) is 90.8 Å². The van der Waals surface area contributed by atoms with Crippen molar-refractivity contribution < 1.29 is 18.8 Å². The Kier molecular flexibility index (Phi) is 4.16. The first kappa shape index (κ1) is 20.6. The van der Waals surface area contributed by atoms with Crippen LogP contribution in [0.2, 0.25) is 5.02 Å². The number of carbonyl (C=O) groups excluding carboxylic acids is 3. The van der Waals surface area contributed by atoms with Gasteiger partial charge in [-0.1, -0.05) is 29.8 Å². The van der Waals surface area contributed by atoms with Crippen LogP contribution in [0.3, 0.4) is 0 Å². The summed E-state index contributed by atoms with van der Waals surface area (Å²) in [6, 6.07) is 9.94. The van der Waals surface area contributed by atoms with Gasteiger partial charge in [-0.3, -0.25) is 14.4 Å². The van der Waals surface area contributed by atoms with Crippen LogP contribution in [0.15, 0.2) is 48.6 Å². The second-order valence-electron chi connectivity index (χ2n) is 10.7. The van der Waals surface area contributed by atoms with Crippen molar-refractivity contribution in [2.45, 2.75) is 25.7 Å². The van der Waals surface area contributed by atoms with Gasteiger partial charge in [0.1, 0.15) is 5.82 Å². The van der Waals surface area contributed by atoms with Crippen LogP contribution in [0.25, 0.3) is 0 Å². The predicted octanol–water partition coefficient (Wildman–Crippen LogP) is 5.33. The Morgan fingerprint density at radius 3 is 2.26 bits per heavy atom. The molecule has 0 radical (unpaired) electrons. The lowest BCUT2D eigenvalue weighted by atomic mass is 9.63. The smallest absolute Gasteiger partial charge is 0.238 e. The molecule has 8 atom stereocenters. The highest BCUT2D eigenvalue weighted by molar-refractivity contribution is 6.31. The van der Waals surface area contributed by atoms with Crippen molar-refractivity contribution in [3.05, 3.63) is 76.1 Å². The van der Waals surface area contributed by atoms with Gasteiger partial charge < -0.3 is 0 Å². The Morgan fingerprint density at radius 1 is 0.971 bits per heavy atom. The first-order chi connectivity index (χ1) is 16.3. The third-order valence-electron chi connectivity index (χ3n) is 8.87. The summed E-state index contributed by atoms with van der Waals surface area (Å²) in [5.41, 5.74) is 2.23. The van der Waals surface area contributed by atoms with Crippen molar-refractivity contribution in [1.29, 1.82) is 0 Å². The van der Waals surface area contributed by atoms with E-state index >= 15 is 4.39 Å². The molecule has 8 rings (SSSR count). The molecule has 1 saturated heterocycles. The topological polar surface area (TPSA) is 54.5 Å². The average Bonchev–Trinajstić information content (AvgIpc) is 3.74. The first-order valence-corrected chi connectivity index (χ1v) is 12.4. The summed E-state index contributed by atoms with van der Waals surface area (Å²) >= 11 is 6.07. The van der Waals surface area contributed by atoms with Gasteiger partial charge in [0.05, 0.1) is 17.5 Å². The van der Waals surface area contributed by atoms with Gasteiger partial charge in [0.25, 0.3) is 0 Å².